The third-order valence-electron chi connectivity index (χ3n) is 3.70. The summed E-state index contributed by atoms with van der Waals surface area (Å²) >= 11 is 1.05. The predicted molar refractivity (Wildman–Crippen MR) is 93.6 cm³/mol. The highest BCUT2D eigenvalue weighted by Crippen LogP contribution is 2.25. The number of hydrogen-bond donors (Lipinski definition) is 1. The molecule has 130 valence electrons. The first-order chi connectivity index (χ1) is 12.1. The van der Waals surface area contributed by atoms with Crippen molar-refractivity contribution in [1.82, 2.24) is 5.32 Å². The molecule has 1 amide bonds. The van der Waals surface area contributed by atoms with E-state index in [1.54, 1.807) is 42.5 Å². The molecule has 4 nitrogen and oxygen atoms in total. The summed E-state index contributed by atoms with van der Waals surface area (Å²) in [5.74, 6) is -1.33. The summed E-state index contributed by atoms with van der Waals surface area (Å²) < 4.78 is 19.0. The van der Waals surface area contributed by atoms with Gasteiger partial charge in [-0.2, -0.15) is 0 Å². The van der Waals surface area contributed by atoms with E-state index in [0.29, 0.717) is 10.5 Å². The van der Waals surface area contributed by atoms with E-state index in [-0.39, 0.29) is 23.5 Å². The largest absolute Gasteiger partial charge is 0.447 e. The van der Waals surface area contributed by atoms with E-state index in [1.807, 2.05) is 6.07 Å². The van der Waals surface area contributed by atoms with E-state index in [2.05, 4.69) is 5.32 Å². The molecule has 25 heavy (non-hydrogen) atoms. The lowest BCUT2D eigenvalue weighted by Gasteiger charge is -2.18. The molecule has 1 fully saturated rings. The number of carbonyl (C=O) groups is 2. The number of thioether (sulfide) groups is 1. The zero-order valence-corrected chi connectivity index (χ0v) is 14.3. The number of esters is 1. The number of benzene rings is 2. The Morgan fingerprint density at radius 2 is 1.80 bits per heavy atom. The molecule has 1 N–H and O–H groups in total. The Morgan fingerprint density at radius 3 is 2.48 bits per heavy atom. The molecule has 1 aliphatic rings. The molecule has 2 aromatic carbocycles. The van der Waals surface area contributed by atoms with Gasteiger partial charge in [0.1, 0.15) is 5.82 Å². The Balaban J connectivity index is 1.63. The van der Waals surface area contributed by atoms with Crippen molar-refractivity contribution in [2.45, 2.75) is 29.9 Å². The van der Waals surface area contributed by atoms with Gasteiger partial charge < -0.3 is 10.1 Å². The van der Waals surface area contributed by atoms with Crippen LogP contribution >= 0.6 is 11.8 Å². The summed E-state index contributed by atoms with van der Waals surface area (Å²) in [6.45, 7) is 0. The summed E-state index contributed by atoms with van der Waals surface area (Å²) in [4.78, 5) is 24.9. The highest BCUT2D eigenvalue weighted by atomic mass is 32.2. The maximum Gasteiger partial charge on any atom is 0.317 e. The molecule has 0 aromatic heterocycles. The molecule has 1 saturated carbocycles. The van der Waals surface area contributed by atoms with Crippen LogP contribution in [0.15, 0.2) is 59.5 Å². The predicted octanol–water partition coefficient (Wildman–Crippen LogP) is 3.48. The van der Waals surface area contributed by atoms with Gasteiger partial charge in [-0.05, 0) is 25.0 Å². The van der Waals surface area contributed by atoms with Crippen molar-refractivity contribution in [3.8, 4) is 0 Å². The second-order valence-electron chi connectivity index (χ2n) is 5.78. The van der Waals surface area contributed by atoms with Gasteiger partial charge in [0, 0.05) is 16.5 Å². The van der Waals surface area contributed by atoms with Crippen LogP contribution in [0.5, 0.6) is 0 Å². The van der Waals surface area contributed by atoms with Crippen LogP contribution < -0.4 is 5.32 Å². The SMILES string of the molecule is O=C(CSc1ccccc1F)O[C@H](C(=O)NC1CC1)c1ccccc1. The monoisotopic (exact) mass is 359 g/mol. The smallest absolute Gasteiger partial charge is 0.317 e. The fourth-order valence-electron chi connectivity index (χ4n) is 2.27. The molecule has 0 spiro atoms. The zero-order valence-electron chi connectivity index (χ0n) is 13.5. The van der Waals surface area contributed by atoms with Crippen LogP contribution in [0.4, 0.5) is 4.39 Å². The molecule has 2 aromatic rings. The molecule has 0 radical (unpaired) electrons. The van der Waals surface area contributed by atoms with Gasteiger partial charge in [0.25, 0.3) is 5.91 Å². The number of nitrogens with one attached hydrogen (secondary N) is 1. The normalized spacial score (nSPS) is 14.6. The lowest BCUT2D eigenvalue weighted by atomic mass is 10.1. The zero-order chi connectivity index (χ0) is 17.6. The van der Waals surface area contributed by atoms with E-state index < -0.39 is 12.1 Å². The van der Waals surface area contributed by atoms with Crippen molar-refractivity contribution in [2.75, 3.05) is 5.75 Å². The van der Waals surface area contributed by atoms with E-state index in [1.165, 1.54) is 6.07 Å². The van der Waals surface area contributed by atoms with Gasteiger partial charge in [0.05, 0.1) is 5.75 Å². The van der Waals surface area contributed by atoms with Crippen molar-refractivity contribution in [2.24, 2.45) is 0 Å². The van der Waals surface area contributed by atoms with Crippen LogP contribution in [0.1, 0.15) is 24.5 Å². The molecule has 6 heteroatoms. The minimum atomic E-state index is -0.990. The topological polar surface area (TPSA) is 55.4 Å². The third-order valence-corrected chi connectivity index (χ3v) is 4.72. The van der Waals surface area contributed by atoms with Gasteiger partial charge in [-0.25, -0.2) is 4.39 Å². The molecule has 0 bridgehead atoms. The lowest BCUT2D eigenvalue weighted by Crippen LogP contribution is -2.33. The Bertz CT molecular complexity index is 749. The first-order valence-electron chi connectivity index (χ1n) is 8.05. The van der Waals surface area contributed by atoms with E-state index in [0.717, 1.165) is 24.6 Å². The minimum absolute atomic E-state index is 0.0685. The minimum Gasteiger partial charge on any atom is -0.447 e. The molecule has 3 rings (SSSR count). The van der Waals surface area contributed by atoms with Gasteiger partial charge in [-0.3, -0.25) is 9.59 Å². The van der Waals surface area contributed by atoms with Crippen molar-refractivity contribution < 1.29 is 18.7 Å². The fourth-order valence-corrected chi connectivity index (χ4v) is 2.99. The number of ether oxygens (including phenoxy) is 1. The Morgan fingerprint density at radius 1 is 1.12 bits per heavy atom. The second-order valence-corrected chi connectivity index (χ2v) is 6.80. The summed E-state index contributed by atoms with van der Waals surface area (Å²) in [7, 11) is 0. The van der Waals surface area contributed by atoms with E-state index in [4.69, 9.17) is 4.74 Å². The van der Waals surface area contributed by atoms with Gasteiger partial charge in [-0.15, -0.1) is 11.8 Å². The van der Waals surface area contributed by atoms with Gasteiger partial charge in [0.2, 0.25) is 6.10 Å². The summed E-state index contributed by atoms with van der Waals surface area (Å²) in [6, 6.07) is 15.3. The number of carbonyl (C=O) groups excluding carboxylic acids is 2. The maximum absolute atomic E-state index is 13.6. The average Bonchev–Trinajstić information content (AvgIpc) is 3.43. The van der Waals surface area contributed by atoms with Crippen LogP contribution in [-0.2, 0) is 14.3 Å². The Hall–Kier alpha value is -2.34. The molecule has 1 aliphatic carbocycles. The lowest BCUT2D eigenvalue weighted by molar-refractivity contribution is -0.154. The molecular formula is C19H18FNO3S. The Labute approximate surface area is 149 Å². The van der Waals surface area contributed by atoms with Crippen molar-refractivity contribution in [3.63, 3.8) is 0 Å². The molecular weight excluding hydrogens is 341 g/mol. The standard InChI is InChI=1S/C19H18FNO3S/c20-15-8-4-5-9-16(15)25-12-17(22)24-18(13-6-2-1-3-7-13)19(23)21-14-10-11-14/h1-9,14,18H,10-12H2,(H,21,23)/t18-/m0/s1. The summed E-state index contributed by atoms with van der Waals surface area (Å²) in [5, 5.41) is 2.86. The van der Waals surface area contributed by atoms with Gasteiger partial charge in [-0.1, -0.05) is 42.5 Å². The van der Waals surface area contributed by atoms with Crippen LogP contribution in [0, 0.1) is 5.82 Å². The van der Waals surface area contributed by atoms with Crippen LogP contribution in [0.2, 0.25) is 0 Å². The van der Waals surface area contributed by atoms with E-state index >= 15 is 0 Å². The van der Waals surface area contributed by atoms with E-state index in [9.17, 15) is 14.0 Å². The van der Waals surface area contributed by atoms with Crippen LogP contribution in [0.25, 0.3) is 0 Å². The van der Waals surface area contributed by atoms with Gasteiger partial charge in [0.15, 0.2) is 0 Å². The first-order valence-corrected chi connectivity index (χ1v) is 9.04. The number of halogens is 1. The molecule has 0 saturated heterocycles. The van der Waals surface area contributed by atoms with Crippen molar-refractivity contribution in [3.05, 3.63) is 66.0 Å². The van der Waals surface area contributed by atoms with Crippen molar-refractivity contribution in [1.29, 1.82) is 0 Å². The second kappa shape index (κ2) is 8.16. The highest BCUT2D eigenvalue weighted by molar-refractivity contribution is 8.00. The number of hydrogen-bond acceptors (Lipinski definition) is 4. The van der Waals surface area contributed by atoms with Crippen LogP contribution in [0.3, 0.4) is 0 Å². The van der Waals surface area contributed by atoms with Gasteiger partial charge >= 0.3 is 5.97 Å². The maximum atomic E-state index is 13.6. The third kappa shape index (κ3) is 5.06. The molecule has 0 heterocycles. The summed E-state index contributed by atoms with van der Waals surface area (Å²) in [5.41, 5.74) is 0.616. The first kappa shape index (κ1) is 17.5. The highest BCUT2D eigenvalue weighted by Gasteiger charge is 2.30. The number of rotatable bonds is 7. The quantitative estimate of drug-likeness (QED) is 0.607. The van der Waals surface area contributed by atoms with Crippen LogP contribution in [-0.4, -0.2) is 23.7 Å². The molecule has 1 atom stereocenters. The Kier molecular flexibility index (Phi) is 5.71. The van der Waals surface area contributed by atoms with Crippen molar-refractivity contribution >= 4 is 23.6 Å². The number of amides is 1. The molecule has 0 unspecified atom stereocenters. The summed E-state index contributed by atoms with van der Waals surface area (Å²) in [6.07, 6.45) is 0.907. The molecule has 0 aliphatic heterocycles. The fraction of sp³-hybridized carbons (Fsp3) is 0.263. The average molecular weight is 359 g/mol.